The topological polar surface area (TPSA) is 65.0 Å². The van der Waals surface area contributed by atoms with E-state index in [1.54, 1.807) is 39.8 Å². The van der Waals surface area contributed by atoms with Crippen molar-refractivity contribution in [3.05, 3.63) is 58.7 Å². The van der Waals surface area contributed by atoms with Gasteiger partial charge in [0.15, 0.2) is 5.54 Å². The summed E-state index contributed by atoms with van der Waals surface area (Å²) < 4.78 is 80.4. The summed E-state index contributed by atoms with van der Waals surface area (Å²) in [5, 5.41) is 8.17. The molecule has 0 radical (unpaired) electrons. The van der Waals surface area contributed by atoms with Gasteiger partial charge in [-0.2, -0.15) is 31.4 Å². The van der Waals surface area contributed by atoms with Crippen LogP contribution in [0.25, 0.3) is 0 Å². The minimum atomic E-state index is -5.08. The number of carbonyl (C=O) groups excluding carboxylic acids is 2. The highest BCUT2D eigenvalue weighted by Gasteiger charge is 2.56. The molecule has 38 heavy (non-hydrogen) atoms. The third kappa shape index (κ3) is 4.95. The number of hydrogen-bond donors (Lipinski definition) is 1. The predicted molar refractivity (Wildman–Crippen MR) is 130 cm³/mol. The summed E-state index contributed by atoms with van der Waals surface area (Å²) in [5.41, 5.74) is -2.64. The van der Waals surface area contributed by atoms with Crippen molar-refractivity contribution in [1.29, 1.82) is 0 Å². The number of halogens is 6. The smallest absolute Gasteiger partial charge is 0.324 e. The molecule has 0 aliphatic carbocycles. The lowest BCUT2D eigenvalue weighted by Gasteiger charge is -2.38. The first-order valence-electron chi connectivity index (χ1n) is 11.8. The molecular weight excluding hydrogens is 514 g/mol. The molecule has 1 N–H and O–H groups in total. The molecule has 2 atom stereocenters. The Morgan fingerprint density at radius 3 is 2.03 bits per heavy atom. The van der Waals surface area contributed by atoms with Crippen molar-refractivity contribution >= 4 is 28.9 Å². The summed E-state index contributed by atoms with van der Waals surface area (Å²) in [6.07, 6.45) is -10.0. The number of hydrazone groups is 1. The number of hydrogen-bond acceptors (Lipinski definition) is 4. The maximum atomic E-state index is 13.8. The lowest BCUT2D eigenvalue weighted by Crippen LogP contribution is -2.58. The first-order chi connectivity index (χ1) is 17.5. The highest BCUT2D eigenvalue weighted by atomic mass is 19.4. The van der Waals surface area contributed by atoms with Crippen LogP contribution in [0.3, 0.4) is 0 Å². The molecule has 0 spiro atoms. The number of benzene rings is 2. The van der Waals surface area contributed by atoms with Crippen LogP contribution in [0.1, 0.15) is 48.9 Å². The van der Waals surface area contributed by atoms with Gasteiger partial charge in [0.25, 0.3) is 5.91 Å². The molecule has 204 valence electrons. The zero-order chi connectivity index (χ0) is 28.2. The Labute approximate surface area is 215 Å². The number of para-hydroxylation sites is 1. The second-order valence-corrected chi connectivity index (χ2v) is 9.91. The molecular formula is C26H26F6N4O2. The third-order valence-corrected chi connectivity index (χ3v) is 6.87. The van der Waals surface area contributed by atoms with Gasteiger partial charge >= 0.3 is 12.4 Å². The van der Waals surface area contributed by atoms with Crippen LogP contribution in [0.15, 0.2) is 41.5 Å². The average molecular weight is 541 g/mol. The van der Waals surface area contributed by atoms with Crippen LogP contribution in [0.2, 0.25) is 0 Å². The van der Waals surface area contributed by atoms with Crippen molar-refractivity contribution in [2.24, 2.45) is 5.10 Å². The lowest BCUT2D eigenvalue weighted by molar-refractivity contribution is -0.143. The summed E-state index contributed by atoms with van der Waals surface area (Å²) in [7, 11) is 0. The quantitative estimate of drug-likeness (QED) is 0.490. The maximum absolute atomic E-state index is 13.8. The van der Waals surface area contributed by atoms with Crippen LogP contribution in [0, 0.1) is 13.8 Å². The Kier molecular flexibility index (Phi) is 6.73. The number of alkyl halides is 6. The van der Waals surface area contributed by atoms with Gasteiger partial charge in [-0.05, 0) is 57.0 Å². The van der Waals surface area contributed by atoms with Crippen LogP contribution in [0.5, 0.6) is 0 Å². The van der Waals surface area contributed by atoms with Crippen molar-refractivity contribution in [3.8, 4) is 0 Å². The van der Waals surface area contributed by atoms with E-state index in [1.165, 1.54) is 9.91 Å². The molecule has 2 heterocycles. The highest BCUT2D eigenvalue weighted by molar-refractivity contribution is 6.09. The summed E-state index contributed by atoms with van der Waals surface area (Å²) in [5.74, 6) is -1.33. The largest absolute Gasteiger partial charge is 0.416 e. The number of amides is 2. The Balaban J connectivity index is 1.79. The summed E-state index contributed by atoms with van der Waals surface area (Å²) >= 11 is 0. The molecule has 1 saturated heterocycles. The van der Waals surface area contributed by atoms with Crippen LogP contribution in [0.4, 0.5) is 37.7 Å². The van der Waals surface area contributed by atoms with E-state index < -0.39 is 46.5 Å². The Hall–Kier alpha value is -3.57. The molecule has 2 aromatic rings. The Morgan fingerprint density at radius 2 is 1.55 bits per heavy atom. The van der Waals surface area contributed by atoms with Crippen molar-refractivity contribution in [2.75, 3.05) is 16.8 Å². The zero-order valence-corrected chi connectivity index (χ0v) is 21.1. The average Bonchev–Trinajstić information content (AvgIpc) is 3.31. The molecule has 0 saturated carbocycles. The van der Waals surface area contributed by atoms with E-state index in [9.17, 15) is 35.9 Å². The number of aryl methyl sites for hydroxylation is 2. The second-order valence-electron chi connectivity index (χ2n) is 9.91. The molecule has 6 nitrogen and oxygen atoms in total. The summed E-state index contributed by atoms with van der Waals surface area (Å²) in [6, 6.07) is 5.97. The van der Waals surface area contributed by atoms with Crippen LogP contribution in [-0.4, -0.2) is 40.7 Å². The van der Waals surface area contributed by atoms with E-state index in [0.717, 1.165) is 11.1 Å². The molecule has 1 fully saturated rings. The molecule has 2 aliphatic rings. The van der Waals surface area contributed by atoms with Crippen molar-refractivity contribution in [2.45, 2.75) is 64.5 Å². The maximum Gasteiger partial charge on any atom is 0.416 e. The number of anilines is 2. The number of nitrogens with one attached hydrogen (secondary N) is 1. The molecule has 2 amide bonds. The first-order valence-corrected chi connectivity index (χ1v) is 11.8. The number of carbonyl (C=O) groups is 2. The van der Waals surface area contributed by atoms with E-state index in [2.05, 4.69) is 10.4 Å². The third-order valence-electron chi connectivity index (χ3n) is 6.87. The van der Waals surface area contributed by atoms with Crippen LogP contribution >= 0.6 is 0 Å². The van der Waals surface area contributed by atoms with Crippen LogP contribution in [-0.2, 0) is 21.9 Å². The highest BCUT2D eigenvalue weighted by Crippen LogP contribution is 2.41. The summed E-state index contributed by atoms with van der Waals surface area (Å²) in [4.78, 5) is 28.6. The molecule has 2 unspecified atom stereocenters. The molecule has 4 rings (SSSR count). The molecule has 0 bridgehead atoms. The second kappa shape index (κ2) is 9.32. The Bertz CT molecular complexity index is 1270. The van der Waals surface area contributed by atoms with Gasteiger partial charge in [0.05, 0.1) is 30.1 Å². The van der Waals surface area contributed by atoms with E-state index in [1.807, 2.05) is 6.07 Å². The minimum Gasteiger partial charge on any atom is -0.324 e. The fraction of sp³-hybridized carbons (Fsp3) is 0.423. The van der Waals surface area contributed by atoms with E-state index in [4.69, 9.17) is 0 Å². The monoisotopic (exact) mass is 540 g/mol. The van der Waals surface area contributed by atoms with Crippen molar-refractivity contribution in [3.63, 3.8) is 0 Å². The van der Waals surface area contributed by atoms with Gasteiger partial charge in [-0.1, -0.05) is 18.2 Å². The predicted octanol–water partition coefficient (Wildman–Crippen LogP) is 5.93. The van der Waals surface area contributed by atoms with Gasteiger partial charge in [-0.3, -0.25) is 14.6 Å². The van der Waals surface area contributed by atoms with Gasteiger partial charge in [0.1, 0.15) is 0 Å². The molecule has 0 aromatic heterocycles. The summed E-state index contributed by atoms with van der Waals surface area (Å²) in [6.45, 7) is 6.95. The van der Waals surface area contributed by atoms with Gasteiger partial charge in [0.2, 0.25) is 5.91 Å². The van der Waals surface area contributed by atoms with Crippen molar-refractivity contribution < 1.29 is 35.9 Å². The van der Waals surface area contributed by atoms with Gasteiger partial charge in [-0.15, -0.1) is 0 Å². The zero-order valence-electron chi connectivity index (χ0n) is 21.1. The normalized spacial score (nSPS) is 22.2. The van der Waals surface area contributed by atoms with Crippen molar-refractivity contribution in [1.82, 2.24) is 5.01 Å². The first kappa shape index (κ1) is 27.5. The fourth-order valence-electron chi connectivity index (χ4n) is 5.23. The van der Waals surface area contributed by atoms with Gasteiger partial charge in [0, 0.05) is 23.5 Å². The number of rotatable bonds is 4. The van der Waals surface area contributed by atoms with Gasteiger partial charge in [-0.25, -0.2) is 0 Å². The van der Waals surface area contributed by atoms with E-state index in [-0.39, 0.29) is 25.1 Å². The SMILES string of the molecule is CC1=NN(C2(C(=O)Nc3cc(C(F)(F)F)cc(C(F)(F)F)c3)CC(=O)N(c3c(C)cccc3C)C2)C(C)C1. The Morgan fingerprint density at radius 1 is 1.00 bits per heavy atom. The molecule has 2 aromatic carbocycles. The van der Waals surface area contributed by atoms with Crippen LogP contribution < -0.4 is 10.2 Å². The van der Waals surface area contributed by atoms with E-state index >= 15 is 0 Å². The number of nitrogens with zero attached hydrogens (tertiary/aromatic N) is 3. The lowest BCUT2D eigenvalue weighted by atomic mass is 9.93. The van der Waals surface area contributed by atoms with Gasteiger partial charge < -0.3 is 10.2 Å². The fourth-order valence-corrected chi connectivity index (χ4v) is 5.23. The minimum absolute atomic E-state index is 0.0105. The van der Waals surface area contributed by atoms with E-state index in [0.29, 0.717) is 30.0 Å². The molecule has 2 aliphatic heterocycles. The molecule has 12 heteroatoms. The standard InChI is InChI=1S/C26H26F6N4O2/c1-14-6-5-7-15(2)22(14)35-13-24(12-21(35)37,36-17(4)8-16(3)34-36)23(38)33-20-10-18(25(27,28)29)9-19(11-20)26(30,31)32/h5-7,9-11,17H,8,12-13H2,1-4H3,(H,33,38).